The van der Waals surface area contributed by atoms with Crippen LogP contribution < -0.4 is 11.3 Å². The molecule has 0 radical (unpaired) electrons. The van der Waals surface area contributed by atoms with E-state index in [1.54, 1.807) is 0 Å². The smallest absolute Gasteiger partial charge is 0.0482 e. The zero-order valence-corrected chi connectivity index (χ0v) is 13.5. The molecule has 1 aromatic heterocycles. The van der Waals surface area contributed by atoms with Crippen molar-refractivity contribution in [3.63, 3.8) is 0 Å². The first-order valence-corrected chi connectivity index (χ1v) is 8.21. The third kappa shape index (κ3) is 3.34. The van der Waals surface area contributed by atoms with Crippen LogP contribution in [-0.4, -0.2) is 11.0 Å². The van der Waals surface area contributed by atoms with Crippen molar-refractivity contribution in [2.45, 2.75) is 37.6 Å². The van der Waals surface area contributed by atoms with E-state index in [4.69, 9.17) is 5.84 Å². The zero-order valence-electron chi connectivity index (χ0n) is 11.9. The number of aryl methyl sites for hydroxylation is 1. The molecule has 2 atom stereocenters. The van der Waals surface area contributed by atoms with Crippen LogP contribution in [0.4, 0.5) is 0 Å². The number of hydrazine groups is 1. The van der Waals surface area contributed by atoms with Gasteiger partial charge in [0.05, 0.1) is 0 Å². The lowest BCUT2D eigenvalue weighted by Gasteiger charge is -2.31. The molecule has 0 saturated heterocycles. The van der Waals surface area contributed by atoms with Crippen LogP contribution in [0.2, 0.25) is 0 Å². The van der Waals surface area contributed by atoms with E-state index >= 15 is 0 Å². The van der Waals surface area contributed by atoms with Crippen molar-refractivity contribution in [3.8, 4) is 0 Å². The van der Waals surface area contributed by atoms with Gasteiger partial charge in [-0.3, -0.25) is 16.3 Å². The second-order valence-corrected chi connectivity index (χ2v) is 6.57. The van der Waals surface area contributed by atoms with Gasteiger partial charge in [0.2, 0.25) is 0 Å². The summed E-state index contributed by atoms with van der Waals surface area (Å²) in [7, 11) is 0. The quantitative estimate of drug-likeness (QED) is 0.660. The molecule has 3 rings (SSSR count). The van der Waals surface area contributed by atoms with E-state index in [1.807, 2.05) is 18.3 Å². The lowest BCUT2D eigenvalue weighted by atomic mass is 9.80. The average Bonchev–Trinajstić information content (AvgIpc) is 2.52. The molecule has 4 heteroatoms. The molecule has 2 aromatic rings. The fraction of sp³-hybridized carbons (Fsp3) is 0.353. The molecule has 0 amide bonds. The molecule has 0 spiro atoms. The summed E-state index contributed by atoms with van der Waals surface area (Å²) in [5, 5.41) is 0. The highest BCUT2D eigenvalue weighted by atomic mass is 79.9. The Labute approximate surface area is 134 Å². The molecule has 1 aliphatic carbocycles. The van der Waals surface area contributed by atoms with Crippen LogP contribution in [0.25, 0.3) is 0 Å². The van der Waals surface area contributed by atoms with Crippen LogP contribution in [0, 0.1) is 0 Å². The van der Waals surface area contributed by atoms with Gasteiger partial charge in [0.15, 0.2) is 0 Å². The van der Waals surface area contributed by atoms with Crippen molar-refractivity contribution in [2.75, 3.05) is 0 Å². The van der Waals surface area contributed by atoms with Gasteiger partial charge >= 0.3 is 0 Å². The summed E-state index contributed by atoms with van der Waals surface area (Å²) in [5.41, 5.74) is 6.91. The Bertz CT molecular complexity index is 614. The second kappa shape index (κ2) is 6.69. The first-order chi connectivity index (χ1) is 10.3. The fourth-order valence-electron chi connectivity index (χ4n) is 3.27. The number of rotatable bonds is 4. The minimum atomic E-state index is 0.216. The van der Waals surface area contributed by atoms with Crippen molar-refractivity contribution >= 4 is 15.9 Å². The molecule has 0 fully saturated rings. The van der Waals surface area contributed by atoms with Gasteiger partial charge in [-0.2, -0.15) is 0 Å². The summed E-state index contributed by atoms with van der Waals surface area (Å²) in [6.45, 7) is 0. The minimum absolute atomic E-state index is 0.216. The monoisotopic (exact) mass is 345 g/mol. The molecular formula is C17H20BrN3. The van der Waals surface area contributed by atoms with E-state index in [0.717, 1.165) is 23.7 Å². The predicted molar refractivity (Wildman–Crippen MR) is 88.9 cm³/mol. The number of nitrogens with one attached hydrogen (secondary N) is 1. The first kappa shape index (κ1) is 14.7. The minimum Gasteiger partial charge on any atom is -0.271 e. The second-order valence-electron chi connectivity index (χ2n) is 5.65. The number of halogens is 1. The summed E-state index contributed by atoms with van der Waals surface area (Å²) >= 11 is 3.53. The molecule has 0 aliphatic heterocycles. The molecule has 3 nitrogen and oxygen atoms in total. The molecule has 1 aliphatic rings. The van der Waals surface area contributed by atoms with E-state index < -0.39 is 0 Å². The van der Waals surface area contributed by atoms with Gasteiger partial charge in [0.25, 0.3) is 0 Å². The van der Waals surface area contributed by atoms with Crippen molar-refractivity contribution in [3.05, 3.63) is 63.9 Å². The molecule has 3 N–H and O–H groups in total. The van der Waals surface area contributed by atoms with E-state index in [9.17, 15) is 0 Å². The van der Waals surface area contributed by atoms with E-state index in [2.05, 4.69) is 50.6 Å². The Morgan fingerprint density at radius 3 is 3.05 bits per heavy atom. The van der Waals surface area contributed by atoms with Crippen molar-refractivity contribution in [2.24, 2.45) is 5.84 Å². The van der Waals surface area contributed by atoms with Crippen LogP contribution in [0.5, 0.6) is 0 Å². The number of hydrogen-bond donors (Lipinski definition) is 2. The van der Waals surface area contributed by atoms with Gasteiger partial charge in [-0.1, -0.05) is 34.1 Å². The van der Waals surface area contributed by atoms with E-state index in [0.29, 0.717) is 5.92 Å². The van der Waals surface area contributed by atoms with Crippen LogP contribution in [0.1, 0.15) is 35.6 Å². The average molecular weight is 346 g/mol. The number of nitrogens with two attached hydrogens (primary N) is 1. The molecule has 1 aromatic carbocycles. The van der Waals surface area contributed by atoms with Gasteiger partial charge in [-0.15, -0.1) is 0 Å². The number of benzene rings is 1. The number of hydrogen-bond acceptors (Lipinski definition) is 3. The Morgan fingerprint density at radius 1 is 1.33 bits per heavy atom. The van der Waals surface area contributed by atoms with Crippen molar-refractivity contribution in [1.82, 2.24) is 10.4 Å². The van der Waals surface area contributed by atoms with Gasteiger partial charge < -0.3 is 0 Å². The molecule has 1 heterocycles. The van der Waals surface area contributed by atoms with Crippen molar-refractivity contribution < 1.29 is 0 Å². The predicted octanol–water partition coefficient (Wildman–Crippen LogP) is 3.34. The number of aromatic nitrogens is 1. The molecule has 2 unspecified atom stereocenters. The summed E-state index contributed by atoms with van der Waals surface area (Å²) < 4.78 is 1.11. The normalized spacial score (nSPS) is 19.0. The fourth-order valence-corrected chi connectivity index (χ4v) is 3.72. The van der Waals surface area contributed by atoms with Crippen molar-refractivity contribution in [1.29, 1.82) is 0 Å². The maximum absolute atomic E-state index is 5.86. The van der Waals surface area contributed by atoms with Crippen LogP contribution in [0.15, 0.2) is 47.1 Å². The van der Waals surface area contributed by atoms with E-state index in [-0.39, 0.29) is 6.04 Å². The number of pyridine rings is 1. The van der Waals surface area contributed by atoms with Gasteiger partial charge in [0.1, 0.15) is 0 Å². The standard InChI is InChI=1S/C17H20BrN3/c18-14-7-1-4-12(10-14)11-16(21-19)15-8-2-5-13-6-3-9-20-17(13)15/h1,3-4,6-7,9-10,15-16,21H,2,5,8,11,19H2. The Hall–Kier alpha value is -1.23. The van der Waals surface area contributed by atoms with Crippen LogP contribution >= 0.6 is 15.9 Å². The SMILES string of the molecule is NNC(Cc1cccc(Br)c1)C1CCCc2cccnc21. The highest BCUT2D eigenvalue weighted by Gasteiger charge is 2.28. The lowest BCUT2D eigenvalue weighted by molar-refractivity contribution is 0.387. The summed E-state index contributed by atoms with van der Waals surface area (Å²) in [4.78, 5) is 4.62. The highest BCUT2D eigenvalue weighted by molar-refractivity contribution is 9.10. The molecule has 0 bridgehead atoms. The Morgan fingerprint density at radius 2 is 2.24 bits per heavy atom. The first-order valence-electron chi connectivity index (χ1n) is 7.42. The molecule has 0 saturated carbocycles. The summed E-state index contributed by atoms with van der Waals surface area (Å²) in [6, 6.07) is 12.9. The van der Waals surface area contributed by atoms with Gasteiger partial charge in [-0.05, 0) is 55.0 Å². The topological polar surface area (TPSA) is 50.9 Å². The van der Waals surface area contributed by atoms with Crippen LogP contribution in [-0.2, 0) is 12.8 Å². The Balaban J connectivity index is 1.84. The maximum atomic E-state index is 5.86. The van der Waals surface area contributed by atoms with Gasteiger partial charge in [0, 0.05) is 28.3 Å². The Kier molecular flexibility index (Phi) is 4.68. The molecule has 110 valence electrons. The largest absolute Gasteiger partial charge is 0.271 e. The molecular weight excluding hydrogens is 326 g/mol. The molecule has 21 heavy (non-hydrogen) atoms. The highest BCUT2D eigenvalue weighted by Crippen LogP contribution is 2.33. The maximum Gasteiger partial charge on any atom is 0.0482 e. The van der Waals surface area contributed by atoms with Crippen LogP contribution in [0.3, 0.4) is 0 Å². The third-order valence-electron chi connectivity index (χ3n) is 4.28. The number of nitrogens with zero attached hydrogens (tertiary/aromatic N) is 1. The summed E-state index contributed by atoms with van der Waals surface area (Å²) in [6.07, 6.45) is 6.29. The number of fused-ring (bicyclic) bond motifs is 1. The van der Waals surface area contributed by atoms with E-state index in [1.165, 1.54) is 23.2 Å². The zero-order chi connectivity index (χ0) is 14.7. The third-order valence-corrected chi connectivity index (χ3v) is 4.78. The lowest BCUT2D eigenvalue weighted by Crippen LogP contribution is -2.42. The van der Waals surface area contributed by atoms with Gasteiger partial charge in [-0.25, -0.2) is 0 Å². The summed E-state index contributed by atoms with van der Waals surface area (Å²) in [5.74, 6) is 6.25.